The summed E-state index contributed by atoms with van der Waals surface area (Å²) in [5.41, 5.74) is 5.33. The van der Waals surface area contributed by atoms with Crippen molar-refractivity contribution in [3.8, 4) is 0 Å². The molecule has 0 spiro atoms. The molecule has 0 aliphatic carbocycles. The first-order valence-electron chi connectivity index (χ1n) is 21.9. The Morgan fingerprint density at radius 3 is 1.33 bits per heavy atom. The molecule has 0 saturated carbocycles. The van der Waals surface area contributed by atoms with Crippen molar-refractivity contribution in [3.63, 3.8) is 0 Å². The van der Waals surface area contributed by atoms with E-state index in [1.54, 1.807) is 0 Å². The summed E-state index contributed by atoms with van der Waals surface area (Å²) in [6, 6.07) is -1.52. The summed E-state index contributed by atoms with van der Waals surface area (Å²) in [7, 11) is -4.71. The van der Waals surface area contributed by atoms with Crippen LogP contribution in [0.4, 0.5) is 0 Å². The van der Waals surface area contributed by atoms with Gasteiger partial charge >= 0.3 is 25.7 Å². The second-order valence-corrected chi connectivity index (χ2v) is 16.3. The molecule has 55 heavy (non-hydrogen) atoms. The largest absolute Gasteiger partial charge is 0.480 e. The number of rotatable bonds is 41. The molecule has 11 nitrogen and oxygen atoms in total. The van der Waals surface area contributed by atoms with Gasteiger partial charge in [0.05, 0.1) is 13.2 Å². The minimum Gasteiger partial charge on any atom is -0.480 e. The lowest BCUT2D eigenvalue weighted by Gasteiger charge is -2.20. The molecule has 0 aliphatic heterocycles. The molecule has 3 atom stereocenters. The zero-order valence-corrected chi connectivity index (χ0v) is 35.7. The van der Waals surface area contributed by atoms with Crippen molar-refractivity contribution in [2.75, 3.05) is 19.8 Å². The number of ether oxygens (including phenoxy) is 2. The molecule has 0 amide bonds. The van der Waals surface area contributed by atoms with Gasteiger partial charge in [-0.3, -0.25) is 23.4 Å². The van der Waals surface area contributed by atoms with Crippen LogP contribution in [-0.4, -0.2) is 59.9 Å². The number of phosphoric ester groups is 1. The van der Waals surface area contributed by atoms with Crippen molar-refractivity contribution < 1.29 is 47.5 Å². The first-order valence-corrected chi connectivity index (χ1v) is 23.4. The molecule has 0 saturated heterocycles. The first kappa shape index (κ1) is 53.0. The standard InChI is InChI=1S/C43H80NO10P/c1-3-5-7-9-11-13-15-17-19-20-21-23-25-27-29-31-33-35-42(46)54-39(37-52-55(49,50)53-38-40(44)43(47)48)36-51-41(45)34-32-30-28-26-24-22-18-16-14-12-10-8-6-4-2/h16-19,39-40H,3-15,20-38,44H2,1-2H3,(H,47,48)(H,49,50)/b18-16-,19-17-/t39-,40+/m1/s1. The lowest BCUT2D eigenvalue weighted by atomic mass is 10.1. The Kier molecular flexibility index (Phi) is 37.4. The van der Waals surface area contributed by atoms with Crippen LogP contribution in [0.2, 0.25) is 0 Å². The van der Waals surface area contributed by atoms with Gasteiger partial charge in [0, 0.05) is 12.8 Å². The predicted octanol–water partition coefficient (Wildman–Crippen LogP) is 11.5. The van der Waals surface area contributed by atoms with E-state index in [4.69, 9.17) is 24.8 Å². The molecule has 0 aliphatic rings. The fourth-order valence-corrected chi connectivity index (χ4v) is 6.71. The average Bonchev–Trinajstić information content (AvgIpc) is 3.16. The Morgan fingerprint density at radius 2 is 0.909 bits per heavy atom. The number of carboxylic acids is 1. The van der Waals surface area contributed by atoms with Crippen LogP contribution in [0.5, 0.6) is 0 Å². The molecule has 0 fully saturated rings. The maximum atomic E-state index is 12.6. The van der Waals surface area contributed by atoms with Crippen LogP contribution >= 0.6 is 7.82 Å². The number of aliphatic carboxylic acids is 1. The van der Waals surface area contributed by atoms with Crippen molar-refractivity contribution >= 4 is 25.7 Å². The van der Waals surface area contributed by atoms with E-state index in [0.29, 0.717) is 12.8 Å². The third kappa shape index (κ3) is 38.6. The van der Waals surface area contributed by atoms with Gasteiger partial charge in [-0.1, -0.05) is 147 Å². The highest BCUT2D eigenvalue weighted by atomic mass is 31.2. The number of hydrogen-bond donors (Lipinski definition) is 3. The van der Waals surface area contributed by atoms with Crippen LogP contribution < -0.4 is 5.73 Å². The second kappa shape index (κ2) is 38.8. The van der Waals surface area contributed by atoms with Crippen molar-refractivity contribution in [3.05, 3.63) is 24.3 Å². The average molecular weight is 802 g/mol. The predicted molar refractivity (Wildman–Crippen MR) is 222 cm³/mol. The molecule has 0 aromatic carbocycles. The Hall–Kier alpha value is -2.04. The quantitative estimate of drug-likeness (QED) is 0.0232. The van der Waals surface area contributed by atoms with Crippen molar-refractivity contribution in [1.82, 2.24) is 0 Å². The number of carbonyl (C=O) groups is 3. The van der Waals surface area contributed by atoms with E-state index in [-0.39, 0.29) is 19.4 Å². The monoisotopic (exact) mass is 802 g/mol. The minimum absolute atomic E-state index is 0.156. The van der Waals surface area contributed by atoms with Crippen LogP contribution in [0.25, 0.3) is 0 Å². The Morgan fingerprint density at radius 1 is 0.545 bits per heavy atom. The molecule has 0 rings (SSSR count). The summed E-state index contributed by atoms with van der Waals surface area (Å²) in [5, 5.41) is 8.88. The highest BCUT2D eigenvalue weighted by Gasteiger charge is 2.28. The topological polar surface area (TPSA) is 172 Å². The van der Waals surface area contributed by atoms with Gasteiger partial charge in [0.15, 0.2) is 6.10 Å². The maximum absolute atomic E-state index is 12.6. The van der Waals surface area contributed by atoms with Crippen molar-refractivity contribution in [2.24, 2.45) is 5.73 Å². The number of esters is 2. The lowest BCUT2D eigenvalue weighted by Crippen LogP contribution is -2.34. The van der Waals surface area contributed by atoms with E-state index in [1.807, 2.05) is 0 Å². The van der Waals surface area contributed by atoms with Gasteiger partial charge in [-0.2, -0.15) is 0 Å². The van der Waals surface area contributed by atoms with Gasteiger partial charge in [-0.15, -0.1) is 0 Å². The summed E-state index contributed by atoms with van der Waals surface area (Å²) in [6.07, 6.45) is 39.5. The summed E-state index contributed by atoms with van der Waals surface area (Å²) < 4.78 is 32.7. The van der Waals surface area contributed by atoms with E-state index >= 15 is 0 Å². The molecule has 4 N–H and O–H groups in total. The van der Waals surface area contributed by atoms with Crippen molar-refractivity contribution in [1.29, 1.82) is 0 Å². The number of nitrogens with two attached hydrogens (primary N) is 1. The number of allylic oxidation sites excluding steroid dienone is 4. The Labute approximate surface area is 334 Å². The molecule has 0 heterocycles. The molecule has 0 radical (unpaired) electrons. The fourth-order valence-electron chi connectivity index (χ4n) is 5.94. The third-order valence-electron chi connectivity index (χ3n) is 9.42. The lowest BCUT2D eigenvalue weighted by molar-refractivity contribution is -0.161. The number of phosphoric acid groups is 1. The number of hydrogen-bond acceptors (Lipinski definition) is 9. The first-order chi connectivity index (χ1) is 26.6. The van der Waals surface area contributed by atoms with Crippen LogP contribution in [0.1, 0.15) is 200 Å². The van der Waals surface area contributed by atoms with E-state index < -0.39 is 51.1 Å². The molecular weight excluding hydrogens is 721 g/mol. The fraction of sp³-hybridized carbons (Fsp3) is 0.837. The molecule has 1 unspecified atom stereocenters. The summed E-state index contributed by atoms with van der Waals surface area (Å²) >= 11 is 0. The highest BCUT2D eigenvalue weighted by molar-refractivity contribution is 7.47. The van der Waals surface area contributed by atoms with E-state index in [0.717, 1.165) is 70.6 Å². The number of carboxylic acid groups (broad SMARTS) is 1. The normalized spacial score (nSPS) is 14.0. The minimum atomic E-state index is -4.71. The smallest absolute Gasteiger partial charge is 0.472 e. The van der Waals surface area contributed by atoms with Gasteiger partial charge in [0.2, 0.25) is 0 Å². The Bertz CT molecular complexity index is 1040. The number of unbranched alkanes of at least 4 members (excludes halogenated alkanes) is 23. The van der Waals surface area contributed by atoms with E-state index in [2.05, 4.69) is 42.7 Å². The molecular formula is C43H80NO10P. The summed E-state index contributed by atoms with van der Waals surface area (Å²) in [5.74, 6) is -2.39. The van der Waals surface area contributed by atoms with E-state index in [9.17, 15) is 23.8 Å². The molecule has 0 aromatic heterocycles. The SMILES string of the molecule is CCCCCCC/C=C\CCCCCCCC(=O)OC[C@H](COP(=O)(O)OC[C@H](N)C(=O)O)OC(=O)CCCCCCCCC/C=C\CCCCCCCC. The molecule has 322 valence electrons. The van der Waals surface area contributed by atoms with Crippen LogP contribution in [0, 0.1) is 0 Å². The number of carbonyl (C=O) groups excluding carboxylic acids is 2. The van der Waals surface area contributed by atoms with Crippen LogP contribution in [-0.2, 0) is 37.5 Å². The highest BCUT2D eigenvalue weighted by Crippen LogP contribution is 2.43. The van der Waals surface area contributed by atoms with Crippen LogP contribution in [0.3, 0.4) is 0 Å². The van der Waals surface area contributed by atoms with Gasteiger partial charge in [-0.25, -0.2) is 4.57 Å². The van der Waals surface area contributed by atoms with Gasteiger partial charge in [-0.05, 0) is 64.2 Å². The van der Waals surface area contributed by atoms with E-state index in [1.165, 1.54) is 89.9 Å². The molecule has 0 aromatic rings. The zero-order chi connectivity index (χ0) is 40.7. The molecule has 12 heteroatoms. The maximum Gasteiger partial charge on any atom is 0.472 e. The molecule has 0 bridgehead atoms. The summed E-state index contributed by atoms with van der Waals surface area (Å²) in [4.78, 5) is 45.9. The third-order valence-corrected chi connectivity index (χ3v) is 10.4. The second-order valence-electron chi connectivity index (χ2n) is 14.8. The summed E-state index contributed by atoms with van der Waals surface area (Å²) in [6.45, 7) is 2.78. The van der Waals surface area contributed by atoms with Crippen LogP contribution in [0.15, 0.2) is 24.3 Å². The Balaban J connectivity index is 4.37. The zero-order valence-electron chi connectivity index (χ0n) is 34.8. The van der Waals surface area contributed by atoms with Gasteiger partial charge in [0.1, 0.15) is 12.6 Å². The van der Waals surface area contributed by atoms with Crippen molar-refractivity contribution in [2.45, 2.75) is 212 Å². The van der Waals surface area contributed by atoms with Gasteiger partial charge < -0.3 is 25.2 Å². The van der Waals surface area contributed by atoms with Gasteiger partial charge in [0.25, 0.3) is 0 Å².